The molecule has 3 nitrogen and oxygen atoms in total. The first kappa shape index (κ1) is 21.6. The number of nitrogens with zero attached hydrogens (tertiary/aromatic N) is 3. The zero-order valence-electron chi connectivity index (χ0n) is 17.0. The minimum absolute atomic E-state index is 0.457. The molecule has 2 aromatic rings. The molecule has 3 rings (SSSR count). The molecule has 1 saturated heterocycles. The van der Waals surface area contributed by atoms with E-state index in [1.54, 1.807) is 0 Å². The quantitative estimate of drug-likeness (QED) is 0.594. The molecular formula is C23H31Cl2N3. The second kappa shape index (κ2) is 10.6. The van der Waals surface area contributed by atoms with E-state index in [0.29, 0.717) is 16.1 Å². The normalized spacial score (nSPS) is 17.2. The van der Waals surface area contributed by atoms with Crippen LogP contribution in [0.4, 0.5) is 0 Å². The number of hydrazine groups is 1. The monoisotopic (exact) mass is 419 g/mol. The molecule has 0 N–H and O–H groups in total. The van der Waals surface area contributed by atoms with Crippen LogP contribution in [0.5, 0.6) is 0 Å². The minimum Gasteiger partial charge on any atom is -0.297 e. The number of halogens is 2. The summed E-state index contributed by atoms with van der Waals surface area (Å²) in [5.41, 5.74) is 2.64. The Balaban J connectivity index is 1.72. The number of rotatable bonds is 8. The summed E-state index contributed by atoms with van der Waals surface area (Å²) in [5, 5.41) is 6.22. The highest BCUT2D eigenvalue weighted by Crippen LogP contribution is 2.25. The number of benzene rings is 2. The van der Waals surface area contributed by atoms with Gasteiger partial charge in [-0.1, -0.05) is 73.4 Å². The summed E-state index contributed by atoms with van der Waals surface area (Å²) in [5.74, 6) is 0. The summed E-state index contributed by atoms with van der Waals surface area (Å²) in [6.45, 7) is 11.0. The van der Waals surface area contributed by atoms with Gasteiger partial charge in [-0.3, -0.25) is 4.90 Å². The van der Waals surface area contributed by atoms with Gasteiger partial charge in [0.25, 0.3) is 0 Å². The van der Waals surface area contributed by atoms with Crippen molar-refractivity contribution in [2.45, 2.75) is 32.7 Å². The topological polar surface area (TPSA) is 9.72 Å². The minimum atomic E-state index is 0.457. The standard InChI is InChI=1S/C23H31Cl2N3/c1-3-27(4-2)28-14-12-26(13-15-28)21(16-19-8-6-5-7-9-19)17-20-10-11-22(24)23(25)18-20/h5-11,18,21H,3-4,12-17H2,1-2H3. The van der Waals surface area contributed by atoms with Gasteiger partial charge in [-0.2, -0.15) is 0 Å². The van der Waals surface area contributed by atoms with E-state index in [1.807, 2.05) is 12.1 Å². The van der Waals surface area contributed by atoms with Gasteiger partial charge in [0.2, 0.25) is 0 Å². The van der Waals surface area contributed by atoms with Gasteiger partial charge >= 0.3 is 0 Å². The molecule has 1 heterocycles. The SMILES string of the molecule is CCN(CC)N1CCN(C(Cc2ccccc2)Cc2ccc(Cl)c(Cl)c2)CC1. The van der Waals surface area contributed by atoms with E-state index in [4.69, 9.17) is 23.2 Å². The average Bonchev–Trinajstić information content (AvgIpc) is 2.72. The lowest BCUT2D eigenvalue weighted by atomic mass is 9.97. The second-order valence-electron chi connectivity index (χ2n) is 7.42. The fourth-order valence-corrected chi connectivity index (χ4v) is 4.46. The summed E-state index contributed by atoms with van der Waals surface area (Å²) in [4.78, 5) is 2.65. The lowest BCUT2D eigenvalue weighted by Gasteiger charge is -2.43. The third kappa shape index (κ3) is 5.71. The van der Waals surface area contributed by atoms with E-state index < -0.39 is 0 Å². The average molecular weight is 420 g/mol. The van der Waals surface area contributed by atoms with Crippen LogP contribution in [0.1, 0.15) is 25.0 Å². The Hall–Kier alpha value is -1.10. The van der Waals surface area contributed by atoms with Gasteiger partial charge < -0.3 is 0 Å². The molecule has 0 radical (unpaired) electrons. The van der Waals surface area contributed by atoms with Crippen LogP contribution in [0.25, 0.3) is 0 Å². The highest BCUT2D eigenvalue weighted by Gasteiger charge is 2.26. The zero-order valence-corrected chi connectivity index (χ0v) is 18.5. The van der Waals surface area contributed by atoms with Crippen LogP contribution in [0.15, 0.2) is 48.5 Å². The second-order valence-corrected chi connectivity index (χ2v) is 8.24. The number of piperazine rings is 1. The van der Waals surface area contributed by atoms with Gasteiger partial charge in [-0.15, -0.1) is 0 Å². The van der Waals surface area contributed by atoms with Gasteiger partial charge in [-0.05, 0) is 36.1 Å². The molecule has 0 amide bonds. The zero-order chi connectivity index (χ0) is 19.9. The molecule has 1 aliphatic heterocycles. The van der Waals surface area contributed by atoms with Gasteiger partial charge in [-0.25, -0.2) is 10.0 Å². The third-order valence-electron chi connectivity index (χ3n) is 5.71. The van der Waals surface area contributed by atoms with Crippen LogP contribution in [-0.4, -0.2) is 60.2 Å². The molecular weight excluding hydrogens is 389 g/mol. The van der Waals surface area contributed by atoms with Gasteiger partial charge in [0, 0.05) is 45.3 Å². The highest BCUT2D eigenvalue weighted by molar-refractivity contribution is 6.42. The molecule has 28 heavy (non-hydrogen) atoms. The largest absolute Gasteiger partial charge is 0.297 e. The molecule has 0 saturated carbocycles. The van der Waals surface area contributed by atoms with Crippen molar-refractivity contribution >= 4 is 23.2 Å². The summed E-state index contributed by atoms with van der Waals surface area (Å²) in [6, 6.07) is 17.3. The van der Waals surface area contributed by atoms with Gasteiger partial charge in [0.15, 0.2) is 0 Å². The Morgan fingerprint density at radius 1 is 0.821 bits per heavy atom. The van der Waals surface area contributed by atoms with Crippen molar-refractivity contribution in [2.24, 2.45) is 0 Å². The van der Waals surface area contributed by atoms with Crippen LogP contribution in [0.3, 0.4) is 0 Å². The van der Waals surface area contributed by atoms with Crippen molar-refractivity contribution in [1.82, 2.24) is 14.9 Å². The van der Waals surface area contributed by atoms with Gasteiger partial charge in [0.05, 0.1) is 10.0 Å². The fourth-order valence-electron chi connectivity index (χ4n) is 4.14. The Morgan fingerprint density at radius 3 is 2.07 bits per heavy atom. The molecule has 152 valence electrons. The molecule has 0 bridgehead atoms. The van der Waals surface area contributed by atoms with Crippen LogP contribution in [0.2, 0.25) is 10.0 Å². The molecule has 0 aliphatic carbocycles. The third-order valence-corrected chi connectivity index (χ3v) is 6.45. The lowest BCUT2D eigenvalue weighted by molar-refractivity contribution is -0.0577. The molecule has 1 aliphatic rings. The Morgan fingerprint density at radius 2 is 1.46 bits per heavy atom. The summed E-state index contributed by atoms with van der Waals surface area (Å²) >= 11 is 12.4. The van der Waals surface area contributed by atoms with Crippen LogP contribution < -0.4 is 0 Å². The Labute approximate surface area is 179 Å². The number of hydrogen-bond donors (Lipinski definition) is 0. The molecule has 0 spiro atoms. The first-order valence-electron chi connectivity index (χ1n) is 10.3. The fraction of sp³-hybridized carbons (Fsp3) is 0.478. The van der Waals surface area contributed by atoms with Crippen molar-refractivity contribution in [3.8, 4) is 0 Å². The predicted octanol–water partition coefficient (Wildman–Crippen LogP) is 5.02. The molecule has 1 fully saturated rings. The smallest absolute Gasteiger partial charge is 0.0595 e. The maximum absolute atomic E-state index is 6.27. The molecule has 1 unspecified atom stereocenters. The van der Waals surface area contributed by atoms with E-state index >= 15 is 0 Å². The van der Waals surface area contributed by atoms with Crippen LogP contribution >= 0.6 is 23.2 Å². The Kier molecular flexibility index (Phi) is 8.19. The van der Waals surface area contributed by atoms with Crippen molar-refractivity contribution in [2.75, 3.05) is 39.3 Å². The summed E-state index contributed by atoms with van der Waals surface area (Å²) < 4.78 is 0. The van der Waals surface area contributed by atoms with E-state index in [2.05, 4.69) is 65.2 Å². The molecule has 5 heteroatoms. The Bertz CT molecular complexity index is 726. The highest BCUT2D eigenvalue weighted by atomic mass is 35.5. The van der Waals surface area contributed by atoms with Crippen molar-refractivity contribution in [3.63, 3.8) is 0 Å². The number of hydrogen-bond acceptors (Lipinski definition) is 3. The van der Waals surface area contributed by atoms with Crippen molar-refractivity contribution < 1.29 is 0 Å². The van der Waals surface area contributed by atoms with Crippen LogP contribution in [0, 0.1) is 0 Å². The van der Waals surface area contributed by atoms with Gasteiger partial charge in [0.1, 0.15) is 0 Å². The summed E-state index contributed by atoms with van der Waals surface area (Å²) in [7, 11) is 0. The first-order valence-corrected chi connectivity index (χ1v) is 11.1. The maximum atomic E-state index is 6.27. The lowest BCUT2D eigenvalue weighted by Crippen LogP contribution is -2.56. The van der Waals surface area contributed by atoms with E-state index in [9.17, 15) is 0 Å². The maximum Gasteiger partial charge on any atom is 0.0595 e. The van der Waals surface area contributed by atoms with E-state index in [1.165, 1.54) is 11.1 Å². The van der Waals surface area contributed by atoms with Crippen molar-refractivity contribution in [1.29, 1.82) is 0 Å². The molecule has 2 aromatic carbocycles. The summed E-state index contributed by atoms with van der Waals surface area (Å²) in [6.07, 6.45) is 2.03. The van der Waals surface area contributed by atoms with Crippen LogP contribution in [-0.2, 0) is 12.8 Å². The van der Waals surface area contributed by atoms with Crippen molar-refractivity contribution in [3.05, 3.63) is 69.7 Å². The molecule has 0 aromatic heterocycles. The first-order chi connectivity index (χ1) is 13.6. The predicted molar refractivity (Wildman–Crippen MR) is 120 cm³/mol. The molecule has 1 atom stereocenters. The van der Waals surface area contributed by atoms with E-state index in [0.717, 1.165) is 52.1 Å². The van der Waals surface area contributed by atoms with E-state index in [-0.39, 0.29) is 0 Å².